The Bertz CT molecular complexity index is 359. The first kappa shape index (κ1) is 10.4. The van der Waals surface area contributed by atoms with Gasteiger partial charge < -0.3 is 9.31 Å². The molecule has 0 saturated heterocycles. The predicted octanol–water partition coefficient (Wildman–Crippen LogP) is 2.92. The lowest BCUT2D eigenvalue weighted by Gasteiger charge is -2.08. The summed E-state index contributed by atoms with van der Waals surface area (Å²) >= 11 is 0. The number of para-hydroxylation sites is 2. The van der Waals surface area contributed by atoms with Gasteiger partial charge in [0.1, 0.15) is 11.5 Å². The maximum absolute atomic E-state index is 5.62. The molecular weight excluding hydrogens is 203 g/mol. The van der Waals surface area contributed by atoms with E-state index in [1.165, 1.54) is 0 Å². The normalized spacial score (nSPS) is 15.0. The van der Waals surface area contributed by atoms with Crippen molar-refractivity contribution in [2.75, 3.05) is 0 Å². The first-order valence-corrected chi connectivity index (χ1v) is 8.74. The maximum Gasteiger partial charge on any atom is 0.624 e. The molecule has 0 unspecified atom stereocenters. The van der Waals surface area contributed by atoms with Crippen LogP contribution in [0.15, 0.2) is 35.9 Å². The average Bonchev–Trinajstić information content (AvgIpc) is 2.56. The molecule has 1 aromatic rings. The Hall–Kier alpha value is -1.16. The van der Waals surface area contributed by atoms with Crippen molar-refractivity contribution < 1.29 is 9.31 Å². The van der Waals surface area contributed by atoms with Crippen molar-refractivity contribution in [3.8, 4) is 11.5 Å². The number of benzene rings is 1. The number of hydrogen-bond donors (Lipinski definition) is 0. The summed E-state index contributed by atoms with van der Waals surface area (Å²) in [6, 6.07) is 7.76. The molecule has 0 bridgehead atoms. The van der Waals surface area contributed by atoms with Gasteiger partial charge >= 0.3 is 7.12 Å². The summed E-state index contributed by atoms with van der Waals surface area (Å²) in [4.78, 5) is 0. The minimum atomic E-state index is -1.17. The van der Waals surface area contributed by atoms with Crippen molar-refractivity contribution in [1.82, 2.24) is 0 Å². The van der Waals surface area contributed by atoms with E-state index in [0.717, 1.165) is 11.5 Å². The molecule has 0 N–H and O–H groups in total. The minimum Gasteiger partial charge on any atom is -0.520 e. The van der Waals surface area contributed by atoms with Gasteiger partial charge in [-0.25, -0.2) is 0 Å². The second kappa shape index (κ2) is 3.77. The van der Waals surface area contributed by atoms with Crippen molar-refractivity contribution in [3.63, 3.8) is 0 Å². The second-order valence-electron chi connectivity index (χ2n) is 4.78. The number of hydrogen-bond acceptors (Lipinski definition) is 2. The summed E-state index contributed by atoms with van der Waals surface area (Å²) < 4.78 is 11.2. The van der Waals surface area contributed by atoms with Gasteiger partial charge in [-0.2, -0.15) is 0 Å². The van der Waals surface area contributed by atoms with Crippen LogP contribution in [0.5, 0.6) is 11.5 Å². The Kier molecular flexibility index (Phi) is 2.61. The smallest absolute Gasteiger partial charge is 0.520 e. The Morgan fingerprint density at radius 1 is 1.07 bits per heavy atom. The van der Waals surface area contributed by atoms with Gasteiger partial charge in [0.05, 0.1) is 8.07 Å². The van der Waals surface area contributed by atoms with Gasteiger partial charge in [0, 0.05) is 0 Å². The van der Waals surface area contributed by atoms with E-state index in [2.05, 4.69) is 25.3 Å². The van der Waals surface area contributed by atoms with Gasteiger partial charge in [0.2, 0.25) is 0 Å². The molecule has 78 valence electrons. The highest BCUT2D eigenvalue weighted by Crippen LogP contribution is 2.32. The Balaban J connectivity index is 2.05. The highest BCUT2D eigenvalue weighted by atomic mass is 28.3. The fraction of sp³-hybridized carbons (Fsp3) is 0.273. The maximum atomic E-state index is 5.62. The molecule has 0 spiro atoms. The van der Waals surface area contributed by atoms with Crippen LogP contribution in [0.2, 0.25) is 19.6 Å². The second-order valence-corrected chi connectivity index (χ2v) is 9.84. The molecule has 15 heavy (non-hydrogen) atoms. The van der Waals surface area contributed by atoms with Crippen LogP contribution >= 0.6 is 0 Å². The molecule has 4 heteroatoms. The highest BCUT2D eigenvalue weighted by Gasteiger charge is 2.29. The van der Waals surface area contributed by atoms with Crippen molar-refractivity contribution in [1.29, 1.82) is 0 Å². The van der Waals surface area contributed by atoms with Gasteiger partial charge in [-0.3, -0.25) is 0 Å². The van der Waals surface area contributed by atoms with Gasteiger partial charge in [0.25, 0.3) is 0 Å². The van der Waals surface area contributed by atoms with E-state index in [1.54, 1.807) is 0 Å². The van der Waals surface area contributed by atoms with Crippen LogP contribution in [0, 0.1) is 0 Å². The average molecular weight is 218 g/mol. The minimum absolute atomic E-state index is 0.242. The van der Waals surface area contributed by atoms with Gasteiger partial charge in [-0.15, -0.1) is 0 Å². The summed E-state index contributed by atoms with van der Waals surface area (Å²) in [5, 5.41) is 0. The largest absolute Gasteiger partial charge is 0.624 e. The van der Waals surface area contributed by atoms with E-state index in [0.29, 0.717) is 0 Å². The third-order valence-electron chi connectivity index (χ3n) is 2.09. The molecule has 2 nitrogen and oxygen atoms in total. The van der Waals surface area contributed by atoms with E-state index in [4.69, 9.17) is 9.31 Å². The van der Waals surface area contributed by atoms with Crippen molar-refractivity contribution in [3.05, 3.63) is 35.9 Å². The Morgan fingerprint density at radius 3 is 2.07 bits per heavy atom. The number of fused-ring (bicyclic) bond motifs is 1. The van der Waals surface area contributed by atoms with E-state index in [9.17, 15) is 0 Å². The van der Waals surface area contributed by atoms with Gasteiger partial charge in [0.15, 0.2) is 0 Å². The molecule has 0 fully saturated rings. The van der Waals surface area contributed by atoms with Crippen molar-refractivity contribution in [2.45, 2.75) is 19.6 Å². The molecule has 0 radical (unpaired) electrons. The first-order valence-electron chi connectivity index (χ1n) is 5.16. The number of rotatable bonds is 2. The zero-order valence-electron chi connectivity index (χ0n) is 9.36. The van der Waals surface area contributed by atoms with Crippen LogP contribution in [0.3, 0.4) is 0 Å². The summed E-state index contributed by atoms with van der Waals surface area (Å²) in [6.07, 6.45) is 0. The summed E-state index contributed by atoms with van der Waals surface area (Å²) in [7, 11) is -1.41. The molecule has 1 aliphatic rings. The quantitative estimate of drug-likeness (QED) is 0.710. The molecule has 0 aromatic heterocycles. The first-order chi connectivity index (χ1) is 7.04. The zero-order chi connectivity index (χ0) is 10.9. The summed E-state index contributed by atoms with van der Waals surface area (Å²) in [5.41, 5.74) is 2.24. The third-order valence-corrected chi connectivity index (χ3v) is 3.28. The van der Waals surface area contributed by atoms with E-state index in [1.807, 2.05) is 30.2 Å². The molecule has 2 rings (SSSR count). The van der Waals surface area contributed by atoms with E-state index < -0.39 is 8.07 Å². The molecule has 1 aromatic carbocycles. The fourth-order valence-electron chi connectivity index (χ4n) is 1.37. The molecule has 0 saturated carbocycles. The Morgan fingerprint density at radius 2 is 1.60 bits per heavy atom. The lowest BCUT2D eigenvalue weighted by atomic mass is 9.92. The fourth-order valence-corrected chi connectivity index (χ4v) is 2.10. The molecule has 0 aliphatic carbocycles. The van der Waals surface area contributed by atoms with Crippen LogP contribution in [-0.4, -0.2) is 15.2 Å². The van der Waals surface area contributed by atoms with Crippen LogP contribution in [0.4, 0.5) is 0 Å². The standard InChI is InChI=1S/C11H15BO2Si/c1-15(2,3)9-8-12-13-10-6-4-5-7-11(10)14-12/h4-9H,1-3H3/b9-8+. The van der Waals surface area contributed by atoms with Gasteiger partial charge in [-0.05, 0) is 18.1 Å². The van der Waals surface area contributed by atoms with Crippen LogP contribution in [-0.2, 0) is 0 Å². The van der Waals surface area contributed by atoms with E-state index in [-0.39, 0.29) is 7.12 Å². The monoisotopic (exact) mass is 218 g/mol. The van der Waals surface area contributed by atoms with Gasteiger partial charge in [-0.1, -0.05) is 37.5 Å². The zero-order valence-corrected chi connectivity index (χ0v) is 10.4. The Labute approximate surface area is 92.1 Å². The molecule has 0 amide bonds. The van der Waals surface area contributed by atoms with Crippen LogP contribution < -0.4 is 9.31 Å². The third kappa shape index (κ3) is 2.66. The van der Waals surface area contributed by atoms with Crippen LogP contribution in [0.25, 0.3) is 0 Å². The predicted molar refractivity (Wildman–Crippen MR) is 65.9 cm³/mol. The SMILES string of the molecule is C[Si](C)(C)/C=C/B1Oc2ccccc2O1. The molecule has 1 aliphatic heterocycles. The highest BCUT2D eigenvalue weighted by molar-refractivity contribution is 6.82. The molecule has 1 heterocycles. The lowest BCUT2D eigenvalue weighted by molar-refractivity contribution is 0.517. The van der Waals surface area contributed by atoms with E-state index >= 15 is 0 Å². The molecular formula is C11H15BO2Si. The molecule has 0 atom stereocenters. The van der Waals surface area contributed by atoms with Crippen molar-refractivity contribution in [2.24, 2.45) is 0 Å². The van der Waals surface area contributed by atoms with Crippen LogP contribution in [0.1, 0.15) is 0 Å². The van der Waals surface area contributed by atoms with Crippen molar-refractivity contribution >= 4 is 15.2 Å². The topological polar surface area (TPSA) is 18.5 Å². The summed E-state index contributed by atoms with van der Waals surface area (Å²) in [5.74, 6) is 3.69. The summed E-state index contributed by atoms with van der Waals surface area (Å²) in [6.45, 7) is 6.85. The lowest BCUT2D eigenvalue weighted by Crippen LogP contribution is -2.24.